The second-order valence-corrected chi connectivity index (χ2v) is 6.91. The molecule has 0 fully saturated rings. The highest BCUT2D eigenvalue weighted by molar-refractivity contribution is 5.96. The third kappa shape index (κ3) is 3.37. The zero-order valence-corrected chi connectivity index (χ0v) is 15.9. The topological polar surface area (TPSA) is 89.7 Å². The summed E-state index contributed by atoms with van der Waals surface area (Å²) >= 11 is 0. The predicted octanol–water partition coefficient (Wildman–Crippen LogP) is 2.51. The Kier molecular flexibility index (Phi) is 4.71. The molecule has 1 amide bonds. The van der Waals surface area contributed by atoms with Gasteiger partial charge in [0.25, 0.3) is 11.9 Å². The number of pyridine rings is 1. The van der Waals surface area contributed by atoms with Gasteiger partial charge < -0.3 is 4.90 Å². The number of nitrogens with zero attached hydrogens (tertiary/aromatic N) is 7. The van der Waals surface area contributed by atoms with E-state index >= 15 is 0 Å². The molecule has 1 atom stereocenters. The zero-order chi connectivity index (χ0) is 21.6. The molecule has 30 heavy (non-hydrogen) atoms. The quantitative estimate of drug-likeness (QED) is 0.591. The normalized spacial score (nSPS) is 16.5. The molecule has 0 aromatic carbocycles. The van der Waals surface area contributed by atoms with Crippen molar-refractivity contribution in [1.29, 1.82) is 0 Å². The highest BCUT2D eigenvalue weighted by Crippen LogP contribution is 2.32. The molecular weight excluding hydrogens is 406 g/mol. The maximum absolute atomic E-state index is 13.2. The Bertz CT molecular complexity index is 1110. The largest absolute Gasteiger partial charge is 0.433 e. The molecule has 1 aliphatic rings. The van der Waals surface area contributed by atoms with Gasteiger partial charge in [0.15, 0.2) is 5.82 Å². The summed E-state index contributed by atoms with van der Waals surface area (Å²) in [6, 6.07) is 0.919. The summed E-state index contributed by atoms with van der Waals surface area (Å²) in [5, 5.41) is 8.03. The Morgan fingerprint density at radius 2 is 1.90 bits per heavy atom. The Hall–Kier alpha value is -3.44. The molecule has 4 heterocycles. The number of aromatic nitrogens is 6. The molecule has 0 radical (unpaired) electrons. The van der Waals surface area contributed by atoms with E-state index in [-0.39, 0.29) is 29.7 Å². The van der Waals surface area contributed by atoms with Crippen LogP contribution in [-0.2, 0) is 19.1 Å². The first-order valence-corrected chi connectivity index (χ1v) is 8.92. The minimum atomic E-state index is -4.65. The number of alkyl halides is 3. The van der Waals surface area contributed by atoms with Crippen molar-refractivity contribution in [1.82, 2.24) is 34.8 Å². The number of rotatable bonds is 2. The number of amides is 1. The molecule has 0 unspecified atom stereocenters. The SMILES string of the molecule is Cc1c(C(=O)N2Cc3nnn(-c4ncc(F)cn4)c3C[C@@H]2C)ccnc1C(F)(F)F. The zero-order valence-electron chi connectivity index (χ0n) is 15.9. The van der Waals surface area contributed by atoms with Gasteiger partial charge in [-0.05, 0) is 25.5 Å². The number of carbonyl (C=O) groups is 1. The van der Waals surface area contributed by atoms with E-state index < -0.39 is 23.6 Å². The van der Waals surface area contributed by atoms with Crippen LogP contribution in [-0.4, -0.2) is 46.8 Å². The van der Waals surface area contributed by atoms with Gasteiger partial charge in [-0.25, -0.2) is 14.4 Å². The van der Waals surface area contributed by atoms with Crippen molar-refractivity contribution in [3.8, 4) is 5.95 Å². The summed E-state index contributed by atoms with van der Waals surface area (Å²) in [6.07, 6.45) is -1.35. The number of halogens is 4. The fourth-order valence-electron chi connectivity index (χ4n) is 3.42. The summed E-state index contributed by atoms with van der Waals surface area (Å²) < 4.78 is 53.9. The van der Waals surface area contributed by atoms with Crippen LogP contribution in [0.1, 0.15) is 39.9 Å². The average molecular weight is 421 g/mol. The van der Waals surface area contributed by atoms with Crippen LogP contribution in [0.3, 0.4) is 0 Å². The first-order chi connectivity index (χ1) is 14.2. The summed E-state index contributed by atoms with van der Waals surface area (Å²) in [7, 11) is 0. The van der Waals surface area contributed by atoms with E-state index in [0.29, 0.717) is 17.8 Å². The molecule has 0 N–H and O–H groups in total. The molecule has 3 aromatic heterocycles. The molecule has 12 heteroatoms. The second kappa shape index (κ2) is 7.11. The van der Waals surface area contributed by atoms with Gasteiger partial charge in [-0.3, -0.25) is 9.78 Å². The molecule has 0 spiro atoms. The lowest BCUT2D eigenvalue weighted by molar-refractivity contribution is -0.141. The molecule has 0 saturated carbocycles. The first kappa shape index (κ1) is 19.9. The van der Waals surface area contributed by atoms with Gasteiger partial charge in [-0.15, -0.1) is 5.10 Å². The molecule has 8 nitrogen and oxygen atoms in total. The van der Waals surface area contributed by atoms with E-state index in [9.17, 15) is 22.4 Å². The lowest BCUT2D eigenvalue weighted by Gasteiger charge is -2.33. The number of hydrogen-bond donors (Lipinski definition) is 0. The highest BCUT2D eigenvalue weighted by Gasteiger charge is 2.37. The van der Waals surface area contributed by atoms with Crippen molar-refractivity contribution in [3.05, 3.63) is 58.7 Å². The smallest absolute Gasteiger partial charge is 0.329 e. The molecule has 4 rings (SSSR count). The van der Waals surface area contributed by atoms with Crippen LogP contribution in [0.4, 0.5) is 17.6 Å². The van der Waals surface area contributed by atoms with Gasteiger partial charge >= 0.3 is 6.18 Å². The lowest BCUT2D eigenvalue weighted by Crippen LogP contribution is -2.43. The van der Waals surface area contributed by atoms with Crippen LogP contribution in [0.25, 0.3) is 5.95 Å². The third-order valence-corrected chi connectivity index (χ3v) is 4.94. The second-order valence-electron chi connectivity index (χ2n) is 6.91. The van der Waals surface area contributed by atoms with Gasteiger partial charge in [0.1, 0.15) is 11.4 Å². The molecule has 1 aliphatic heterocycles. The molecule has 0 aliphatic carbocycles. The molecule has 0 bridgehead atoms. The molecule has 3 aromatic rings. The Labute approximate surface area is 167 Å². The minimum Gasteiger partial charge on any atom is -0.329 e. The van der Waals surface area contributed by atoms with Crippen molar-refractivity contribution in [2.45, 2.75) is 39.0 Å². The summed E-state index contributed by atoms with van der Waals surface area (Å²) in [6.45, 7) is 3.05. The molecule has 0 saturated heterocycles. The third-order valence-electron chi connectivity index (χ3n) is 4.94. The van der Waals surface area contributed by atoms with E-state index in [1.165, 1.54) is 22.6 Å². The van der Waals surface area contributed by atoms with E-state index in [0.717, 1.165) is 18.6 Å². The molecular formula is C18H15F4N7O. The van der Waals surface area contributed by atoms with Gasteiger partial charge in [-0.2, -0.15) is 17.9 Å². The number of fused-ring (bicyclic) bond motifs is 1. The predicted molar refractivity (Wildman–Crippen MR) is 93.9 cm³/mol. The summed E-state index contributed by atoms with van der Waals surface area (Å²) in [4.78, 5) is 25.6. The van der Waals surface area contributed by atoms with E-state index in [4.69, 9.17) is 0 Å². The van der Waals surface area contributed by atoms with Gasteiger partial charge in [0.2, 0.25) is 0 Å². The van der Waals surface area contributed by atoms with Crippen molar-refractivity contribution < 1.29 is 22.4 Å². The Morgan fingerprint density at radius 1 is 1.20 bits per heavy atom. The fourth-order valence-corrected chi connectivity index (χ4v) is 3.42. The fraction of sp³-hybridized carbons (Fsp3) is 0.333. The summed E-state index contributed by atoms with van der Waals surface area (Å²) in [5.41, 5.74) is -0.255. The van der Waals surface area contributed by atoms with Gasteiger partial charge in [-0.1, -0.05) is 5.21 Å². The van der Waals surface area contributed by atoms with Gasteiger partial charge in [0.05, 0.1) is 24.6 Å². The summed E-state index contributed by atoms with van der Waals surface area (Å²) in [5.74, 6) is -1.01. The Morgan fingerprint density at radius 3 is 2.57 bits per heavy atom. The van der Waals surface area contributed by atoms with Crippen molar-refractivity contribution in [2.75, 3.05) is 0 Å². The average Bonchev–Trinajstić information content (AvgIpc) is 3.09. The Balaban J connectivity index is 1.65. The first-order valence-electron chi connectivity index (χ1n) is 8.92. The van der Waals surface area contributed by atoms with Crippen LogP contribution in [0.5, 0.6) is 0 Å². The van der Waals surface area contributed by atoms with Crippen molar-refractivity contribution in [3.63, 3.8) is 0 Å². The number of carbonyl (C=O) groups excluding carboxylic acids is 1. The maximum Gasteiger partial charge on any atom is 0.433 e. The standard InChI is InChI=1S/C18H15F4N7O/c1-9-5-14-13(26-27-29(14)17-24-6-11(19)7-25-17)8-28(9)16(30)12-3-4-23-15(10(12)2)18(20,21)22/h3-4,6-7,9H,5,8H2,1-2H3/t9-/m0/s1. The lowest BCUT2D eigenvalue weighted by atomic mass is 10.0. The highest BCUT2D eigenvalue weighted by atomic mass is 19.4. The van der Waals surface area contributed by atoms with E-state index in [2.05, 4.69) is 25.3 Å². The van der Waals surface area contributed by atoms with Crippen LogP contribution in [0.2, 0.25) is 0 Å². The monoisotopic (exact) mass is 421 g/mol. The van der Waals surface area contributed by atoms with E-state index in [1.807, 2.05) is 0 Å². The molecule has 156 valence electrons. The van der Waals surface area contributed by atoms with Crippen LogP contribution < -0.4 is 0 Å². The van der Waals surface area contributed by atoms with Crippen LogP contribution in [0, 0.1) is 12.7 Å². The van der Waals surface area contributed by atoms with Crippen molar-refractivity contribution in [2.24, 2.45) is 0 Å². The van der Waals surface area contributed by atoms with Crippen molar-refractivity contribution >= 4 is 5.91 Å². The van der Waals surface area contributed by atoms with E-state index in [1.54, 1.807) is 6.92 Å². The number of hydrogen-bond acceptors (Lipinski definition) is 6. The van der Waals surface area contributed by atoms with Crippen LogP contribution >= 0.6 is 0 Å². The van der Waals surface area contributed by atoms with Gasteiger partial charge in [0, 0.05) is 24.2 Å². The maximum atomic E-state index is 13.2. The minimum absolute atomic E-state index is 0.0552. The van der Waals surface area contributed by atoms with Crippen LogP contribution in [0.15, 0.2) is 24.7 Å².